The Hall–Kier alpha value is -2.54. The molecule has 2 saturated heterocycles. The molecule has 11 atom stereocenters. The van der Waals surface area contributed by atoms with Crippen LogP contribution >= 0.6 is 0 Å². The first-order chi connectivity index (χ1) is 37.0. The van der Waals surface area contributed by atoms with Crippen molar-refractivity contribution in [1.82, 2.24) is 0 Å². The molecule has 442 valence electrons. The number of carbonyl (C=O) groups is 2. The Bertz CT molecular complexity index is 1500. The van der Waals surface area contributed by atoms with Crippen LogP contribution in [-0.2, 0) is 38.0 Å². The number of esters is 2. The van der Waals surface area contributed by atoms with Gasteiger partial charge in [-0.05, 0) is 51.4 Å². The zero-order valence-corrected chi connectivity index (χ0v) is 47.2. The summed E-state index contributed by atoms with van der Waals surface area (Å²) in [6.45, 7) is 2.54. The van der Waals surface area contributed by atoms with Crippen LogP contribution in [0.3, 0.4) is 0 Å². The van der Waals surface area contributed by atoms with E-state index in [9.17, 15) is 45.3 Å². The summed E-state index contributed by atoms with van der Waals surface area (Å²) < 4.78 is 33.7. The molecule has 0 aromatic carbocycles. The fraction of sp³-hybridized carbons (Fsp3) is 0.836. The molecule has 0 spiro atoms. The van der Waals surface area contributed by atoms with E-state index in [1.807, 2.05) is 6.08 Å². The molecule has 0 aliphatic carbocycles. The summed E-state index contributed by atoms with van der Waals surface area (Å²) in [6, 6.07) is 0. The smallest absolute Gasteiger partial charge is 0.306 e. The molecule has 2 fully saturated rings. The van der Waals surface area contributed by atoms with Crippen LogP contribution in [0.1, 0.15) is 232 Å². The SMILES string of the molecule is CCCCC/C=C/C/C=C/C/C=C/C/C=C/CCCC(=O)OC[C@H](CO[C@H]1O[C@@H](CO[C@H]2O[C@@H](CO)[C@@H](O)C(O)C2O)[C@@H](O)C(O)C1O)OC(=O)CCCCCCCCCCCCCCCCCCCCCCCCC. The van der Waals surface area contributed by atoms with Crippen LogP contribution in [0.15, 0.2) is 48.6 Å². The van der Waals surface area contributed by atoms with Crippen molar-refractivity contribution in [1.29, 1.82) is 0 Å². The Balaban J connectivity index is 1.75. The van der Waals surface area contributed by atoms with Gasteiger partial charge in [-0.3, -0.25) is 9.59 Å². The van der Waals surface area contributed by atoms with Gasteiger partial charge in [0, 0.05) is 12.8 Å². The first-order valence-corrected chi connectivity index (χ1v) is 30.2. The molecule has 4 unspecified atom stereocenters. The minimum Gasteiger partial charge on any atom is -0.462 e. The van der Waals surface area contributed by atoms with Crippen molar-refractivity contribution in [2.75, 3.05) is 26.4 Å². The molecule has 0 bridgehead atoms. The molecule has 0 aromatic rings. The van der Waals surface area contributed by atoms with Crippen LogP contribution < -0.4 is 0 Å². The zero-order chi connectivity index (χ0) is 55.3. The maximum absolute atomic E-state index is 13.1. The monoisotopic (exact) mass is 1080 g/mol. The number of carbonyl (C=O) groups excluding carboxylic acids is 2. The topological polar surface area (TPSA) is 231 Å². The van der Waals surface area contributed by atoms with Crippen molar-refractivity contribution in [2.24, 2.45) is 0 Å². The Kier molecular flexibility index (Phi) is 43.3. The third kappa shape index (κ3) is 33.8. The lowest BCUT2D eigenvalue weighted by atomic mass is 9.98. The van der Waals surface area contributed by atoms with Gasteiger partial charge in [0.1, 0.15) is 55.4 Å². The van der Waals surface area contributed by atoms with Crippen molar-refractivity contribution in [3.05, 3.63) is 48.6 Å². The van der Waals surface area contributed by atoms with Crippen molar-refractivity contribution in [2.45, 2.75) is 300 Å². The lowest BCUT2D eigenvalue weighted by molar-refractivity contribution is -0.332. The third-order valence-electron chi connectivity index (χ3n) is 14.3. The molecule has 7 N–H and O–H groups in total. The zero-order valence-electron chi connectivity index (χ0n) is 47.2. The fourth-order valence-corrected chi connectivity index (χ4v) is 9.39. The predicted molar refractivity (Wildman–Crippen MR) is 298 cm³/mol. The molecule has 15 nitrogen and oxygen atoms in total. The number of aliphatic hydroxyl groups excluding tert-OH is 7. The third-order valence-corrected chi connectivity index (χ3v) is 14.3. The van der Waals surface area contributed by atoms with Gasteiger partial charge in [-0.25, -0.2) is 0 Å². The van der Waals surface area contributed by atoms with Crippen LogP contribution in [0.5, 0.6) is 0 Å². The maximum atomic E-state index is 13.1. The minimum atomic E-state index is -1.77. The van der Waals surface area contributed by atoms with Gasteiger partial charge in [-0.1, -0.05) is 217 Å². The molecule has 0 aromatic heterocycles. The highest BCUT2D eigenvalue weighted by molar-refractivity contribution is 5.70. The van der Waals surface area contributed by atoms with Crippen LogP contribution in [0.2, 0.25) is 0 Å². The summed E-state index contributed by atoms with van der Waals surface area (Å²) in [4.78, 5) is 25.9. The molecule has 76 heavy (non-hydrogen) atoms. The van der Waals surface area contributed by atoms with Crippen molar-refractivity contribution >= 4 is 11.9 Å². The summed E-state index contributed by atoms with van der Waals surface area (Å²) in [6.07, 6.45) is 38.6. The van der Waals surface area contributed by atoms with E-state index < -0.39 is 99.3 Å². The lowest BCUT2D eigenvalue weighted by Crippen LogP contribution is -2.61. The molecule has 2 aliphatic heterocycles. The van der Waals surface area contributed by atoms with E-state index in [0.29, 0.717) is 19.3 Å². The molecular formula is C61H108O15. The number of hydrogen-bond acceptors (Lipinski definition) is 15. The van der Waals surface area contributed by atoms with Gasteiger partial charge in [-0.15, -0.1) is 0 Å². The lowest BCUT2D eigenvalue weighted by Gasteiger charge is -2.42. The Labute approximate surface area is 458 Å². The second-order valence-electron chi connectivity index (χ2n) is 21.2. The Morgan fingerprint density at radius 2 is 0.803 bits per heavy atom. The van der Waals surface area contributed by atoms with Crippen LogP contribution in [0.4, 0.5) is 0 Å². The highest BCUT2D eigenvalue weighted by atomic mass is 16.7. The van der Waals surface area contributed by atoms with Gasteiger partial charge >= 0.3 is 11.9 Å². The fourth-order valence-electron chi connectivity index (χ4n) is 9.39. The van der Waals surface area contributed by atoms with Crippen molar-refractivity contribution in [3.8, 4) is 0 Å². The first-order valence-electron chi connectivity index (χ1n) is 30.2. The average molecular weight is 1080 g/mol. The van der Waals surface area contributed by atoms with Gasteiger partial charge in [-0.2, -0.15) is 0 Å². The number of hydrogen-bond donors (Lipinski definition) is 7. The largest absolute Gasteiger partial charge is 0.462 e. The van der Waals surface area contributed by atoms with Gasteiger partial charge in [0.15, 0.2) is 18.7 Å². The van der Waals surface area contributed by atoms with Crippen LogP contribution in [0.25, 0.3) is 0 Å². The van der Waals surface area contributed by atoms with E-state index in [2.05, 4.69) is 56.4 Å². The van der Waals surface area contributed by atoms with E-state index in [-0.39, 0.29) is 19.4 Å². The van der Waals surface area contributed by atoms with E-state index in [1.54, 1.807) is 0 Å². The molecular weight excluding hydrogens is 973 g/mol. The van der Waals surface area contributed by atoms with Gasteiger partial charge in [0.25, 0.3) is 0 Å². The standard InChI is InChI=1S/C61H108O15/c1-3-5-7-9-11-13-15-17-19-21-22-23-24-25-26-28-30-32-34-36-38-40-42-44-53(64)74-49(46-71-52(63)43-41-39-37-35-33-31-29-27-20-18-16-14-12-10-8-6-4-2)47-72-60-59(70)57(68)55(66)51(76-60)48-73-61-58(69)56(67)54(65)50(45-62)75-61/h12,14,18,20,29,31,35,37,49-51,54-62,65-70H,3-11,13,15-17,19,21-28,30,32-34,36,38-48H2,1-2H3/b14-12+,20-18+,31-29+,37-35+/t49-,50+,51+,54-,55-,56?,57?,58?,59?,60+,61+/m1/s1. The van der Waals surface area contributed by atoms with Gasteiger partial charge in [0.05, 0.1) is 19.8 Å². The second-order valence-corrected chi connectivity index (χ2v) is 21.2. The van der Waals surface area contributed by atoms with Gasteiger partial charge in [0.2, 0.25) is 0 Å². The predicted octanol–water partition coefficient (Wildman–Crippen LogP) is 10.6. The van der Waals surface area contributed by atoms with Crippen LogP contribution in [0, 0.1) is 0 Å². The Morgan fingerprint density at radius 1 is 0.421 bits per heavy atom. The number of ether oxygens (including phenoxy) is 6. The quantitative estimate of drug-likeness (QED) is 0.0171. The van der Waals surface area contributed by atoms with Crippen molar-refractivity contribution < 1.29 is 73.8 Å². The molecule has 0 radical (unpaired) electrons. The molecule has 2 heterocycles. The number of rotatable bonds is 48. The maximum Gasteiger partial charge on any atom is 0.306 e. The van der Waals surface area contributed by atoms with E-state index in [1.165, 1.54) is 141 Å². The molecule has 0 saturated carbocycles. The number of allylic oxidation sites excluding steroid dienone is 8. The first kappa shape index (κ1) is 69.6. The summed E-state index contributed by atoms with van der Waals surface area (Å²) in [5.74, 6) is -0.982. The summed E-state index contributed by atoms with van der Waals surface area (Å²) in [5, 5.41) is 72.3. The number of aliphatic hydroxyl groups is 7. The molecule has 2 rings (SSSR count). The van der Waals surface area contributed by atoms with E-state index in [4.69, 9.17) is 28.4 Å². The van der Waals surface area contributed by atoms with Crippen LogP contribution in [-0.4, -0.2) is 142 Å². The molecule has 0 amide bonds. The van der Waals surface area contributed by atoms with Crippen molar-refractivity contribution in [3.63, 3.8) is 0 Å². The van der Waals surface area contributed by atoms with Gasteiger partial charge < -0.3 is 64.2 Å². The number of unbranched alkanes of at least 4 members (excludes halogenated alkanes) is 26. The van der Waals surface area contributed by atoms with E-state index >= 15 is 0 Å². The minimum absolute atomic E-state index is 0.143. The summed E-state index contributed by atoms with van der Waals surface area (Å²) in [7, 11) is 0. The second kappa shape index (κ2) is 47.3. The summed E-state index contributed by atoms with van der Waals surface area (Å²) in [5.41, 5.74) is 0. The normalized spacial score (nSPS) is 24.6. The summed E-state index contributed by atoms with van der Waals surface area (Å²) >= 11 is 0. The average Bonchev–Trinajstić information content (AvgIpc) is 3.42. The van der Waals surface area contributed by atoms with E-state index in [0.717, 1.165) is 44.9 Å². The molecule has 2 aliphatic rings. The highest BCUT2D eigenvalue weighted by Crippen LogP contribution is 2.27. The highest BCUT2D eigenvalue weighted by Gasteiger charge is 2.47. The molecule has 15 heteroatoms. The Morgan fingerprint density at radius 3 is 1.28 bits per heavy atom.